The number of rotatable bonds is 3. The second-order valence-electron chi connectivity index (χ2n) is 2.84. The summed E-state index contributed by atoms with van der Waals surface area (Å²) in [4.78, 5) is 12.2. The number of hydrogen-bond acceptors (Lipinski definition) is 5. The van der Waals surface area contributed by atoms with Crippen molar-refractivity contribution < 1.29 is 0 Å². The number of anilines is 1. The normalized spacial score (nSPS) is 10.1. The lowest BCUT2D eigenvalue weighted by atomic mass is 10.4. The Bertz CT molecular complexity index is 398. The van der Waals surface area contributed by atoms with Crippen molar-refractivity contribution in [2.75, 3.05) is 5.32 Å². The van der Waals surface area contributed by atoms with Gasteiger partial charge < -0.3 is 5.32 Å². The molecule has 0 saturated carbocycles. The lowest BCUT2D eigenvalue weighted by Crippen LogP contribution is -2.00. The number of thiazole rings is 1. The van der Waals surface area contributed by atoms with Crippen molar-refractivity contribution in [3.63, 3.8) is 0 Å². The van der Waals surface area contributed by atoms with E-state index in [1.54, 1.807) is 23.7 Å². The molecule has 0 spiro atoms. The number of nitrogens with one attached hydrogen (secondary N) is 1. The molecule has 2 aromatic rings. The van der Waals surface area contributed by atoms with Crippen LogP contribution in [0.3, 0.4) is 0 Å². The average molecular weight is 206 g/mol. The van der Waals surface area contributed by atoms with Gasteiger partial charge in [0.25, 0.3) is 0 Å². The maximum Gasteiger partial charge on any atom is 0.115 e. The number of aromatic nitrogens is 3. The first-order valence-electron chi connectivity index (χ1n) is 4.24. The van der Waals surface area contributed by atoms with Crippen molar-refractivity contribution >= 4 is 17.0 Å². The topological polar surface area (TPSA) is 50.7 Å². The number of hydrogen-bond donors (Lipinski definition) is 1. The molecule has 0 aromatic carbocycles. The maximum atomic E-state index is 4.34. The van der Waals surface area contributed by atoms with Gasteiger partial charge in [0.15, 0.2) is 0 Å². The van der Waals surface area contributed by atoms with Crippen molar-refractivity contribution in [3.05, 3.63) is 34.8 Å². The summed E-state index contributed by atoms with van der Waals surface area (Å²) >= 11 is 1.66. The van der Waals surface area contributed by atoms with Crippen LogP contribution < -0.4 is 5.32 Å². The van der Waals surface area contributed by atoms with Gasteiger partial charge in [-0.1, -0.05) is 0 Å². The predicted molar refractivity (Wildman–Crippen MR) is 56.2 cm³/mol. The molecule has 14 heavy (non-hydrogen) atoms. The molecular formula is C9H10N4S. The lowest BCUT2D eigenvalue weighted by molar-refractivity contribution is 1.04. The Morgan fingerprint density at radius 1 is 1.36 bits per heavy atom. The SMILES string of the molecule is Cc1nc(CNc2cncnc2)cs1. The van der Waals surface area contributed by atoms with Crippen LogP contribution in [-0.2, 0) is 6.54 Å². The van der Waals surface area contributed by atoms with E-state index in [1.807, 2.05) is 12.3 Å². The molecular weight excluding hydrogens is 196 g/mol. The summed E-state index contributed by atoms with van der Waals surface area (Å²) in [5, 5.41) is 6.33. The Balaban J connectivity index is 1.95. The fraction of sp³-hybridized carbons (Fsp3) is 0.222. The molecule has 5 heteroatoms. The molecule has 72 valence electrons. The third kappa shape index (κ3) is 2.26. The van der Waals surface area contributed by atoms with Gasteiger partial charge in [-0.25, -0.2) is 15.0 Å². The van der Waals surface area contributed by atoms with Crippen LogP contribution in [0.1, 0.15) is 10.7 Å². The molecule has 0 aliphatic rings. The van der Waals surface area contributed by atoms with E-state index in [9.17, 15) is 0 Å². The smallest absolute Gasteiger partial charge is 0.115 e. The second kappa shape index (κ2) is 4.15. The van der Waals surface area contributed by atoms with Crippen molar-refractivity contribution in [3.8, 4) is 0 Å². The largest absolute Gasteiger partial charge is 0.377 e. The molecule has 1 N–H and O–H groups in total. The quantitative estimate of drug-likeness (QED) is 0.832. The zero-order chi connectivity index (χ0) is 9.80. The Kier molecular flexibility index (Phi) is 2.69. The molecule has 0 unspecified atom stereocenters. The summed E-state index contributed by atoms with van der Waals surface area (Å²) in [6.45, 7) is 2.72. The summed E-state index contributed by atoms with van der Waals surface area (Å²) in [5.74, 6) is 0. The molecule has 0 fully saturated rings. The molecule has 0 amide bonds. The summed E-state index contributed by atoms with van der Waals surface area (Å²) < 4.78 is 0. The molecule has 0 aliphatic carbocycles. The molecule has 0 bridgehead atoms. The summed E-state index contributed by atoms with van der Waals surface area (Å²) in [7, 11) is 0. The van der Waals surface area contributed by atoms with Gasteiger partial charge in [-0.2, -0.15) is 0 Å². The zero-order valence-corrected chi connectivity index (χ0v) is 8.58. The molecule has 0 radical (unpaired) electrons. The van der Waals surface area contributed by atoms with Gasteiger partial charge in [-0.3, -0.25) is 0 Å². The number of aryl methyl sites for hydroxylation is 1. The van der Waals surface area contributed by atoms with Crippen LogP contribution in [0.4, 0.5) is 5.69 Å². The molecule has 2 heterocycles. The highest BCUT2D eigenvalue weighted by molar-refractivity contribution is 7.09. The third-order valence-corrected chi connectivity index (χ3v) is 2.52. The van der Waals surface area contributed by atoms with Gasteiger partial charge >= 0.3 is 0 Å². The minimum Gasteiger partial charge on any atom is -0.377 e. The van der Waals surface area contributed by atoms with Crippen molar-refractivity contribution in [1.82, 2.24) is 15.0 Å². The zero-order valence-electron chi connectivity index (χ0n) is 7.77. The van der Waals surface area contributed by atoms with Gasteiger partial charge in [0, 0.05) is 5.38 Å². The first-order valence-corrected chi connectivity index (χ1v) is 5.12. The van der Waals surface area contributed by atoms with Crippen LogP contribution in [0.25, 0.3) is 0 Å². The highest BCUT2D eigenvalue weighted by Gasteiger charge is 1.97. The fourth-order valence-corrected chi connectivity index (χ4v) is 1.69. The molecule has 0 atom stereocenters. The van der Waals surface area contributed by atoms with Crippen LogP contribution in [0, 0.1) is 6.92 Å². The highest BCUT2D eigenvalue weighted by Crippen LogP contribution is 2.09. The van der Waals surface area contributed by atoms with Crippen LogP contribution in [0.2, 0.25) is 0 Å². The Labute approximate surface area is 86.1 Å². The minimum absolute atomic E-state index is 0.720. The number of nitrogens with zero attached hydrogens (tertiary/aromatic N) is 3. The van der Waals surface area contributed by atoms with Crippen molar-refractivity contribution in [1.29, 1.82) is 0 Å². The second-order valence-corrected chi connectivity index (χ2v) is 3.90. The van der Waals surface area contributed by atoms with E-state index < -0.39 is 0 Å². The monoisotopic (exact) mass is 206 g/mol. The Morgan fingerprint density at radius 3 is 2.79 bits per heavy atom. The molecule has 2 aromatic heterocycles. The standard InChI is InChI=1S/C9H10N4S/c1-7-13-9(5-14-7)4-12-8-2-10-6-11-3-8/h2-3,5-6,12H,4H2,1H3. The predicted octanol–water partition coefficient (Wildman–Crippen LogP) is 1.85. The van der Waals surface area contributed by atoms with E-state index in [2.05, 4.69) is 20.3 Å². The van der Waals surface area contributed by atoms with E-state index in [-0.39, 0.29) is 0 Å². The first-order chi connectivity index (χ1) is 6.84. The van der Waals surface area contributed by atoms with E-state index in [0.29, 0.717) is 0 Å². The molecule has 2 rings (SSSR count). The molecule has 0 saturated heterocycles. The van der Waals surface area contributed by atoms with Gasteiger partial charge in [0.2, 0.25) is 0 Å². The van der Waals surface area contributed by atoms with Crippen molar-refractivity contribution in [2.45, 2.75) is 13.5 Å². The summed E-state index contributed by atoms with van der Waals surface area (Å²) in [6, 6.07) is 0. The minimum atomic E-state index is 0.720. The first kappa shape index (κ1) is 9.08. The van der Waals surface area contributed by atoms with Crippen LogP contribution in [0.5, 0.6) is 0 Å². The van der Waals surface area contributed by atoms with Gasteiger partial charge in [-0.05, 0) is 6.92 Å². The Morgan fingerprint density at radius 2 is 2.14 bits per heavy atom. The molecule has 0 aliphatic heterocycles. The molecule has 4 nitrogen and oxygen atoms in total. The maximum absolute atomic E-state index is 4.34. The van der Waals surface area contributed by atoms with Crippen LogP contribution in [0.15, 0.2) is 24.1 Å². The van der Waals surface area contributed by atoms with Gasteiger partial charge in [0.1, 0.15) is 6.33 Å². The van der Waals surface area contributed by atoms with Gasteiger partial charge in [-0.15, -0.1) is 11.3 Å². The van der Waals surface area contributed by atoms with E-state index in [4.69, 9.17) is 0 Å². The highest BCUT2D eigenvalue weighted by atomic mass is 32.1. The summed E-state index contributed by atoms with van der Waals surface area (Å²) in [5.41, 5.74) is 1.97. The Hall–Kier alpha value is -1.49. The van der Waals surface area contributed by atoms with E-state index in [1.165, 1.54) is 6.33 Å². The third-order valence-electron chi connectivity index (χ3n) is 1.70. The van der Waals surface area contributed by atoms with E-state index >= 15 is 0 Å². The summed E-state index contributed by atoms with van der Waals surface area (Å²) in [6.07, 6.45) is 5.00. The lowest BCUT2D eigenvalue weighted by Gasteiger charge is -2.01. The van der Waals surface area contributed by atoms with Crippen molar-refractivity contribution in [2.24, 2.45) is 0 Å². The van der Waals surface area contributed by atoms with E-state index in [0.717, 1.165) is 22.9 Å². The average Bonchev–Trinajstić information content (AvgIpc) is 2.63. The van der Waals surface area contributed by atoms with Crippen LogP contribution >= 0.6 is 11.3 Å². The fourth-order valence-electron chi connectivity index (χ4n) is 1.07. The van der Waals surface area contributed by atoms with Crippen LogP contribution in [-0.4, -0.2) is 15.0 Å². The van der Waals surface area contributed by atoms with Gasteiger partial charge in [0.05, 0.1) is 35.3 Å².